The molecule has 2 aromatic rings. The molecule has 6 rings (SSSR count). The molecular formula is C31H40N4O5S. The summed E-state index contributed by atoms with van der Waals surface area (Å²) in [4.78, 5) is 48.7. The number of carbonyl (C=O) groups excluding carboxylic acids is 3. The lowest BCUT2D eigenvalue weighted by molar-refractivity contribution is -0.151. The van der Waals surface area contributed by atoms with Gasteiger partial charge in [-0.3, -0.25) is 9.69 Å². The molecule has 3 atom stereocenters. The first-order chi connectivity index (χ1) is 19.7. The molecule has 220 valence electrons. The summed E-state index contributed by atoms with van der Waals surface area (Å²) in [6.45, 7) is 5.63. The largest absolute Gasteiger partial charge is 0.467 e. The van der Waals surface area contributed by atoms with Crippen molar-refractivity contribution >= 4 is 34.4 Å². The van der Waals surface area contributed by atoms with E-state index < -0.39 is 30.3 Å². The quantitative estimate of drug-likeness (QED) is 0.498. The Kier molecular flexibility index (Phi) is 7.70. The molecule has 1 aromatic carbocycles. The number of rotatable bonds is 2. The first-order valence-electron chi connectivity index (χ1n) is 14.9. The summed E-state index contributed by atoms with van der Waals surface area (Å²) in [5.41, 5.74) is 4.53. The Labute approximate surface area is 245 Å². The van der Waals surface area contributed by atoms with Crippen molar-refractivity contribution in [2.45, 2.75) is 102 Å². The minimum absolute atomic E-state index is 0.127. The molecule has 41 heavy (non-hydrogen) atoms. The van der Waals surface area contributed by atoms with E-state index in [1.54, 1.807) is 9.80 Å². The lowest BCUT2D eigenvalue weighted by Crippen LogP contribution is -2.50. The van der Waals surface area contributed by atoms with Crippen LogP contribution in [0.5, 0.6) is 0 Å². The van der Waals surface area contributed by atoms with E-state index in [2.05, 4.69) is 42.7 Å². The number of aryl methyl sites for hydroxylation is 1. The number of nitrogens with one attached hydrogen (secondary N) is 1. The molecule has 2 fully saturated rings. The molecule has 1 N–H and O–H groups in total. The number of hydrogen-bond acceptors (Lipinski definition) is 8. The van der Waals surface area contributed by atoms with Gasteiger partial charge in [-0.1, -0.05) is 44.9 Å². The highest BCUT2D eigenvalue weighted by atomic mass is 32.1. The zero-order valence-electron chi connectivity index (χ0n) is 24.2. The van der Waals surface area contributed by atoms with Crippen molar-refractivity contribution < 1.29 is 23.9 Å². The van der Waals surface area contributed by atoms with Gasteiger partial charge in [-0.05, 0) is 54.7 Å². The maximum atomic E-state index is 14.2. The van der Waals surface area contributed by atoms with Gasteiger partial charge < -0.3 is 19.7 Å². The molecule has 4 aliphatic rings. The van der Waals surface area contributed by atoms with Gasteiger partial charge in [0.05, 0.1) is 19.3 Å². The second-order valence-electron chi connectivity index (χ2n) is 12.6. The number of nitrogens with zero attached hydrogens (tertiary/aromatic N) is 3. The van der Waals surface area contributed by atoms with Gasteiger partial charge in [-0.2, -0.15) is 0 Å². The standard InChI is InChI=1S/C31H40N4O5S/c1-31(2)13-7-12-19-10-6-11-21-15-34(17-23(19)21)30(38)40-22-14-24(28(37)39-3)35(16-22)27(36)26(20-8-4-5-9-20)33-29-32-25(31)18-41-29/h6,10-11,18,20,22,24,26H,4-5,7-9,12-17H2,1-3H3,(H,32,33)/t22-,24+,26+/m1/s1. The predicted octanol–water partition coefficient (Wildman–Crippen LogP) is 5.02. The number of amides is 2. The van der Waals surface area contributed by atoms with E-state index in [0.29, 0.717) is 13.1 Å². The third-order valence-corrected chi connectivity index (χ3v) is 10.3. The number of fused-ring (bicyclic) bond motifs is 5. The first kappa shape index (κ1) is 28.0. The summed E-state index contributed by atoms with van der Waals surface area (Å²) in [7, 11) is 1.33. The van der Waals surface area contributed by atoms with E-state index >= 15 is 0 Å². The monoisotopic (exact) mass is 580 g/mol. The number of methoxy groups -OCH3 is 1. The zero-order valence-corrected chi connectivity index (χ0v) is 25.0. The van der Waals surface area contributed by atoms with Crippen molar-refractivity contribution in [3.8, 4) is 0 Å². The van der Waals surface area contributed by atoms with Crippen LogP contribution in [0.25, 0.3) is 0 Å². The fraction of sp³-hybridized carbons (Fsp3) is 0.613. The number of carbonyl (C=O) groups is 3. The molecule has 4 heterocycles. The lowest BCUT2D eigenvalue weighted by atomic mass is 9.83. The minimum atomic E-state index is -0.797. The number of hydrogen-bond donors (Lipinski definition) is 1. The number of esters is 1. The van der Waals surface area contributed by atoms with Crippen LogP contribution >= 0.6 is 11.3 Å². The Balaban J connectivity index is 1.34. The fourth-order valence-corrected chi connectivity index (χ4v) is 7.98. The Morgan fingerprint density at radius 1 is 1.15 bits per heavy atom. The van der Waals surface area contributed by atoms with Crippen molar-refractivity contribution in [1.29, 1.82) is 0 Å². The zero-order chi connectivity index (χ0) is 28.7. The predicted molar refractivity (Wildman–Crippen MR) is 156 cm³/mol. The van der Waals surface area contributed by atoms with Crippen LogP contribution in [0.15, 0.2) is 23.6 Å². The van der Waals surface area contributed by atoms with Crippen LogP contribution in [0.3, 0.4) is 0 Å². The Hall–Kier alpha value is -3.14. The summed E-state index contributed by atoms with van der Waals surface area (Å²) in [6.07, 6.45) is 6.17. The van der Waals surface area contributed by atoms with Gasteiger partial charge in [0.2, 0.25) is 5.91 Å². The highest BCUT2D eigenvalue weighted by molar-refractivity contribution is 7.13. The minimum Gasteiger partial charge on any atom is -0.467 e. The van der Waals surface area contributed by atoms with Crippen molar-refractivity contribution in [1.82, 2.24) is 14.8 Å². The average molecular weight is 581 g/mol. The van der Waals surface area contributed by atoms with Gasteiger partial charge in [0, 0.05) is 30.3 Å². The van der Waals surface area contributed by atoms with Crippen LogP contribution in [-0.4, -0.2) is 64.6 Å². The van der Waals surface area contributed by atoms with Gasteiger partial charge in [0.25, 0.3) is 0 Å². The van der Waals surface area contributed by atoms with Crippen molar-refractivity contribution in [3.05, 3.63) is 46.0 Å². The molecule has 1 saturated heterocycles. The van der Waals surface area contributed by atoms with Crippen LogP contribution in [-0.2, 0) is 44.0 Å². The first-order valence-corrected chi connectivity index (χ1v) is 15.8. The number of anilines is 1. The van der Waals surface area contributed by atoms with Crippen LogP contribution in [0.2, 0.25) is 0 Å². The maximum Gasteiger partial charge on any atom is 0.410 e. The smallest absolute Gasteiger partial charge is 0.410 e. The van der Waals surface area contributed by atoms with Gasteiger partial charge in [0.1, 0.15) is 18.2 Å². The average Bonchev–Trinajstić information content (AvgIpc) is 3.76. The molecule has 2 amide bonds. The SMILES string of the molecule is COC(=O)[C@@H]1C[C@@H]2CN1C(=O)[C@H](C1CCCC1)Nc1nc(cs1)C(C)(C)CCCc1cccc3c1CN(C3)C(=O)O2. The number of thiazole rings is 1. The molecule has 0 unspecified atom stereocenters. The van der Waals surface area contributed by atoms with Crippen molar-refractivity contribution in [3.63, 3.8) is 0 Å². The summed E-state index contributed by atoms with van der Waals surface area (Å²) in [5, 5.41) is 6.33. The Bertz CT molecular complexity index is 1320. The van der Waals surface area contributed by atoms with Gasteiger partial charge in [-0.25, -0.2) is 14.6 Å². The molecule has 9 nitrogen and oxygen atoms in total. The van der Waals surface area contributed by atoms with Gasteiger partial charge in [-0.15, -0.1) is 11.3 Å². The van der Waals surface area contributed by atoms with Gasteiger partial charge >= 0.3 is 12.1 Å². The summed E-state index contributed by atoms with van der Waals surface area (Å²) >= 11 is 1.53. The molecule has 3 aliphatic heterocycles. The summed E-state index contributed by atoms with van der Waals surface area (Å²) < 4.78 is 11.0. The van der Waals surface area contributed by atoms with Crippen molar-refractivity contribution in [2.75, 3.05) is 19.0 Å². The molecule has 10 heteroatoms. The molecular weight excluding hydrogens is 540 g/mol. The van der Waals surface area contributed by atoms with Gasteiger partial charge in [0.15, 0.2) is 5.13 Å². The van der Waals surface area contributed by atoms with Crippen LogP contribution in [0, 0.1) is 5.92 Å². The maximum absolute atomic E-state index is 14.2. The van der Waals surface area contributed by atoms with E-state index in [1.807, 2.05) is 0 Å². The normalized spacial score (nSPS) is 26.7. The van der Waals surface area contributed by atoms with E-state index in [4.69, 9.17) is 14.5 Å². The fourth-order valence-electron chi connectivity index (χ4n) is 7.04. The second-order valence-corrected chi connectivity index (χ2v) is 13.5. The van der Waals surface area contributed by atoms with E-state index in [0.717, 1.165) is 61.3 Å². The van der Waals surface area contributed by atoms with E-state index in [1.165, 1.54) is 29.6 Å². The number of aromatic nitrogens is 1. The Morgan fingerprint density at radius 3 is 2.71 bits per heavy atom. The molecule has 6 bridgehead atoms. The van der Waals surface area contributed by atoms with Crippen LogP contribution in [0.1, 0.15) is 81.2 Å². The molecule has 0 spiro atoms. The lowest BCUT2D eigenvalue weighted by Gasteiger charge is -2.31. The summed E-state index contributed by atoms with van der Waals surface area (Å²) in [5.74, 6) is -0.494. The number of ether oxygens (including phenoxy) is 2. The number of benzene rings is 1. The van der Waals surface area contributed by atoms with Crippen LogP contribution < -0.4 is 5.32 Å². The highest BCUT2D eigenvalue weighted by Gasteiger charge is 2.46. The van der Waals surface area contributed by atoms with Crippen LogP contribution in [0.4, 0.5) is 9.93 Å². The topological polar surface area (TPSA) is 101 Å². The van der Waals surface area contributed by atoms with Crippen molar-refractivity contribution in [2.24, 2.45) is 5.92 Å². The Morgan fingerprint density at radius 2 is 1.93 bits per heavy atom. The summed E-state index contributed by atoms with van der Waals surface area (Å²) in [6, 6.07) is 5.01. The third kappa shape index (κ3) is 5.55. The second kappa shape index (κ2) is 11.3. The van der Waals surface area contributed by atoms with E-state index in [9.17, 15) is 14.4 Å². The molecule has 1 aromatic heterocycles. The molecule has 1 saturated carbocycles. The van der Waals surface area contributed by atoms with E-state index in [-0.39, 0.29) is 30.2 Å². The highest BCUT2D eigenvalue weighted by Crippen LogP contribution is 2.37. The molecule has 0 radical (unpaired) electrons. The molecule has 1 aliphatic carbocycles. The third-order valence-electron chi connectivity index (χ3n) is 9.49.